The Morgan fingerprint density at radius 1 is 1.15 bits per heavy atom. The second-order valence-electron chi connectivity index (χ2n) is 6.80. The van der Waals surface area contributed by atoms with E-state index in [1.54, 1.807) is 24.4 Å². The lowest BCUT2D eigenvalue weighted by Crippen LogP contribution is -2.45. The Bertz CT molecular complexity index is 796. The van der Waals surface area contributed by atoms with Crippen LogP contribution in [-0.2, 0) is 16.0 Å². The maximum Gasteiger partial charge on any atom is 0.270 e. The number of rotatable bonds is 4. The predicted octanol–water partition coefficient (Wildman–Crippen LogP) is 2.49. The number of nitrogens with one attached hydrogen (secondary N) is 1. The molecule has 1 aromatic carbocycles. The molecule has 1 aromatic heterocycles. The second kappa shape index (κ2) is 7.62. The third kappa shape index (κ3) is 4.09. The number of ether oxygens (including phenoxy) is 2. The number of nitrogens with zero attached hydrogens (tertiary/aromatic N) is 2. The van der Waals surface area contributed by atoms with Gasteiger partial charge in [0.1, 0.15) is 11.5 Å². The van der Waals surface area contributed by atoms with Crippen molar-refractivity contribution in [3.05, 3.63) is 59.7 Å². The van der Waals surface area contributed by atoms with Gasteiger partial charge in [-0.1, -0.05) is 12.1 Å². The first kappa shape index (κ1) is 17.9. The van der Waals surface area contributed by atoms with Crippen molar-refractivity contribution in [2.75, 3.05) is 31.2 Å². The number of carbonyl (C=O) groups is 1. The molecule has 27 heavy (non-hydrogen) atoms. The molecule has 142 valence electrons. The van der Waals surface area contributed by atoms with Crippen molar-refractivity contribution in [2.45, 2.75) is 25.2 Å². The largest absolute Gasteiger partial charge is 0.371 e. The van der Waals surface area contributed by atoms with Crippen molar-refractivity contribution in [3.63, 3.8) is 0 Å². The van der Waals surface area contributed by atoms with E-state index in [9.17, 15) is 9.18 Å². The van der Waals surface area contributed by atoms with Crippen molar-refractivity contribution in [1.82, 2.24) is 10.3 Å². The smallest absolute Gasteiger partial charge is 0.270 e. The van der Waals surface area contributed by atoms with Gasteiger partial charge < -0.3 is 19.7 Å². The number of carbonyl (C=O) groups excluding carboxylic acids is 1. The Balaban J connectivity index is 1.37. The fraction of sp³-hybridized carbons (Fsp3) is 0.400. The lowest BCUT2D eigenvalue weighted by Gasteiger charge is -2.38. The van der Waals surface area contributed by atoms with Gasteiger partial charge in [-0.05, 0) is 29.8 Å². The van der Waals surface area contributed by atoms with Crippen LogP contribution in [0.4, 0.5) is 10.1 Å². The van der Waals surface area contributed by atoms with Gasteiger partial charge in [0.2, 0.25) is 0 Å². The highest BCUT2D eigenvalue weighted by molar-refractivity contribution is 5.93. The highest BCUT2D eigenvalue weighted by Crippen LogP contribution is 2.33. The van der Waals surface area contributed by atoms with Crippen LogP contribution in [0, 0.1) is 5.82 Å². The van der Waals surface area contributed by atoms with Crippen LogP contribution in [0.3, 0.4) is 0 Å². The molecule has 2 saturated heterocycles. The van der Waals surface area contributed by atoms with Crippen molar-refractivity contribution in [2.24, 2.45) is 0 Å². The molecule has 0 radical (unpaired) electrons. The molecule has 3 heterocycles. The fourth-order valence-corrected chi connectivity index (χ4v) is 3.51. The van der Waals surface area contributed by atoms with Crippen molar-refractivity contribution < 1.29 is 18.7 Å². The van der Waals surface area contributed by atoms with E-state index in [4.69, 9.17) is 9.47 Å². The molecule has 4 rings (SSSR count). The predicted molar refractivity (Wildman–Crippen MR) is 97.9 cm³/mol. The summed E-state index contributed by atoms with van der Waals surface area (Å²) in [5.41, 5.74) is 2.16. The van der Waals surface area contributed by atoms with Crippen molar-refractivity contribution in [1.29, 1.82) is 0 Å². The van der Waals surface area contributed by atoms with Crippen LogP contribution in [0.5, 0.6) is 0 Å². The summed E-state index contributed by atoms with van der Waals surface area (Å²) in [5, 5.41) is 2.82. The molecule has 0 atom stereocenters. The molecule has 2 aliphatic rings. The molecule has 0 bridgehead atoms. The maximum atomic E-state index is 13.0. The molecule has 2 aliphatic heterocycles. The van der Waals surface area contributed by atoms with Crippen LogP contribution in [0.25, 0.3) is 0 Å². The Hall–Kier alpha value is -2.51. The number of amides is 1. The normalized spacial score (nSPS) is 18.6. The lowest BCUT2D eigenvalue weighted by molar-refractivity contribution is -0.169. The molecular formula is C20H22FN3O3. The van der Waals surface area contributed by atoms with Crippen LogP contribution in [0.15, 0.2) is 42.6 Å². The van der Waals surface area contributed by atoms with E-state index in [0.29, 0.717) is 25.5 Å². The van der Waals surface area contributed by atoms with E-state index >= 15 is 0 Å². The van der Waals surface area contributed by atoms with Crippen molar-refractivity contribution >= 4 is 11.6 Å². The van der Waals surface area contributed by atoms with Gasteiger partial charge in [0.05, 0.1) is 13.2 Å². The molecule has 1 amide bonds. The summed E-state index contributed by atoms with van der Waals surface area (Å²) in [6.45, 7) is 3.26. The first-order valence-corrected chi connectivity index (χ1v) is 9.15. The zero-order valence-electron chi connectivity index (χ0n) is 15.0. The average Bonchev–Trinajstić information content (AvgIpc) is 3.16. The third-order valence-electron chi connectivity index (χ3n) is 5.05. The van der Waals surface area contributed by atoms with Crippen LogP contribution in [0.2, 0.25) is 0 Å². The molecule has 0 aliphatic carbocycles. The number of piperidine rings is 1. The van der Waals surface area contributed by atoms with Crippen molar-refractivity contribution in [3.8, 4) is 0 Å². The molecular weight excluding hydrogens is 349 g/mol. The number of pyridine rings is 1. The molecule has 0 saturated carbocycles. The minimum absolute atomic E-state index is 0.253. The van der Waals surface area contributed by atoms with Gasteiger partial charge in [-0.15, -0.1) is 0 Å². The quantitative estimate of drug-likeness (QED) is 0.895. The van der Waals surface area contributed by atoms with Crippen LogP contribution >= 0.6 is 0 Å². The molecule has 2 fully saturated rings. The van der Waals surface area contributed by atoms with Gasteiger partial charge in [-0.25, -0.2) is 4.39 Å². The number of hydrogen-bond acceptors (Lipinski definition) is 5. The molecule has 1 spiro atoms. The average molecular weight is 371 g/mol. The summed E-state index contributed by atoms with van der Waals surface area (Å²) < 4.78 is 24.5. The highest BCUT2D eigenvalue weighted by atomic mass is 19.1. The number of hydrogen-bond donors (Lipinski definition) is 1. The Morgan fingerprint density at radius 3 is 2.56 bits per heavy atom. The SMILES string of the molecule is O=C(NCc1ccc(F)cc1)c1cc(N2CCC3(CC2)OCCO3)ccn1. The van der Waals surface area contributed by atoms with E-state index in [0.717, 1.165) is 37.2 Å². The molecule has 2 aromatic rings. The van der Waals surface area contributed by atoms with E-state index in [2.05, 4.69) is 15.2 Å². The maximum absolute atomic E-state index is 13.0. The van der Waals surface area contributed by atoms with E-state index in [1.165, 1.54) is 12.1 Å². The number of anilines is 1. The van der Waals surface area contributed by atoms with Gasteiger partial charge in [-0.3, -0.25) is 9.78 Å². The summed E-state index contributed by atoms with van der Waals surface area (Å²) in [6.07, 6.45) is 3.26. The van der Waals surface area contributed by atoms with E-state index in [1.807, 2.05) is 6.07 Å². The number of benzene rings is 1. The molecule has 1 N–H and O–H groups in total. The van der Waals surface area contributed by atoms with Gasteiger partial charge in [0, 0.05) is 44.4 Å². The van der Waals surface area contributed by atoms with Crippen LogP contribution in [-0.4, -0.2) is 43.0 Å². The van der Waals surface area contributed by atoms with E-state index in [-0.39, 0.29) is 11.7 Å². The lowest BCUT2D eigenvalue weighted by atomic mass is 10.0. The van der Waals surface area contributed by atoms with Gasteiger partial charge in [-0.2, -0.15) is 0 Å². The first-order valence-electron chi connectivity index (χ1n) is 9.15. The Kier molecular flexibility index (Phi) is 5.05. The first-order chi connectivity index (χ1) is 13.1. The molecule has 6 nitrogen and oxygen atoms in total. The third-order valence-corrected chi connectivity index (χ3v) is 5.05. The zero-order chi connectivity index (χ0) is 18.7. The van der Waals surface area contributed by atoms with Crippen LogP contribution < -0.4 is 10.2 Å². The second-order valence-corrected chi connectivity index (χ2v) is 6.80. The topological polar surface area (TPSA) is 63.7 Å². The Labute approximate surface area is 157 Å². The zero-order valence-corrected chi connectivity index (χ0v) is 15.0. The molecule has 7 heteroatoms. The fourth-order valence-electron chi connectivity index (χ4n) is 3.51. The summed E-state index contributed by atoms with van der Waals surface area (Å²) in [5.74, 6) is -0.966. The minimum Gasteiger partial charge on any atom is -0.371 e. The highest BCUT2D eigenvalue weighted by Gasteiger charge is 2.39. The van der Waals surface area contributed by atoms with Gasteiger partial charge >= 0.3 is 0 Å². The van der Waals surface area contributed by atoms with E-state index < -0.39 is 5.79 Å². The number of halogens is 1. The summed E-state index contributed by atoms with van der Waals surface area (Å²) in [4.78, 5) is 18.8. The summed E-state index contributed by atoms with van der Waals surface area (Å²) >= 11 is 0. The van der Waals surface area contributed by atoms with Gasteiger partial charge in [0.15, 0.2) is 5.79 Å². The summed E-state index contributed by atoms with van der Waals surface area (Å²) in [7, 11) is 0. The van der Waals surface area contributed by atoms with Crippen LogP contribution in [0.1, 0.15) is 28.9 Å². The standard InChI is InChI=1S/C20H22FN3O3/c21-16-3-1-15(2-4-16)14-23-19(25)18-13-17(5-8-22-18)24-9-6-20(7-10-24)26-11-12-27-20/h1-5,8,13H,6-7,9-12,14H2,(H,23,25). The summed E-state index contributed by atoms with van der Waals surface area (Å²) in [6, 6.07) is 9.76. The van der Waals surface area contributed by atoms with Gasteiger partial charge in [0.25, 0.3) is 5.91 Å². The Morgan fingerprint density at radius 2 is 1.85 bits per heavy atom. The minimum atomic E-state index is -0.418. The molecule has 0 unspecified atom stereocenters. The number of aromatic nitrogens is 1. The monoisotopic (exact) mass is 371 g/mol.